The van der Waals surface area contributed by atoms with Gasteiger partial charge in [0.1, 0.15) is 5.82 Å². The fraction of sp³-hybridized carbons (Fsp3) is 0.667. The Balaban J connectivity index is 1.77. The van der Waals surface area contributed by atoms with Gasteiger partial charge in [-0.25, -0.2) is 4.98 Å². The molecule has 0 N–H and O–H groups in total. The van der Waals surface area contributed by atoms with Gasteiger partial charge in [0.15, 0.2) is 0 Å². The number of hydrogen-bond acceptors (Lipinski definition) is 4. The monoisotopic (exact) mass is 262 g/mol. The van der Waals surface area contributed by atoms with Crippen molar-refractivity contribution in [3.8, 4) is 0 Å². The van der Waals surface area contributed by atoms with Crippen molar-refractivity contribution in [1.29, 1.82) is 0 Å². The highest BCUT2D eigenvalue weighted by Gasteiger charge is 2.47. The van der Waals surface area contributed by atoms with Crippen molar-refractivity contribution in [2.24, 2.45) is 5.92 Å². The molecule has 0 aromatic carbocycles. The third-order valence-corrected chi connectivity index (χ3v) is 4.45. The number of anilines is 1. The lowest BCUT2D eigenvalue weighted by molar-refractivity contribution is -0.0953. The van der Waals surface area contributed by atoms with Crippen LogP contribution in [0.5, 0.6) is 0 Å². The van der Waals surface area contributed by atoms with Gasteiger partial charge < -0.3 is 14.4 Å². The molecule has 0 bridgehead atoms. The molecule has 0 unspecified atom stereocenters. The molecule has 1 aliphatic carbocycles. The number of aromatic nitrogens is 1. The molecule has 1 aliphatic heterocycles. The first-order valence-corrected chi connectivity index (χ1v) is 7.13. The normalized spacial score (nSPS) is 31.0. The first-order valence-electron chi connectivity index (χ1n) is 7.13. The van der Waals surface area contributed by atoms with Gasteiger partial charge in [0.2, 0.25) is 0 Å². The fourth-order valence-electron chi connectivity index (χ4n) is 3.49. The quantitative estimate of drug-likeness (QED) is 0.835. The van der Waals surface area contributed by atoms with E-state index >= 15 is 0 Å². The summed E-state index contributed by atoms with van der Waals surface area (Å²) in [4.78, 5) is 6.83. The predicted molar refractivity (Wildman–Crippen MR) is 74.4 cm³/mol. The van der Waals surface area contributed by atoms with E-state index in [1.807, 2.05) is 18.3 Å². The Labute approximate surface area is 114 Å². The summed E-state index contributed by atoms with van der Waals surface area (Å²) in [6, 6.07) is 6.09. The van der Waals surface area contributed by atoms with Crippen molar-refractivity contribution in [3.63, 3.8) is 0 Å². The Morgan fingerprint density at radius 2 is 2.47 bits per heavy atom. The van der Waals surface area contributed by atoms with Gasteiger partial charge in [-0.2, -0.15) is 0 Å². The van der Waals surface area contributed by atoms with Crippen molar-refractivity contribution in [3.05, 3.63) is 24.4 Å². The van der Waals surface area contributed by atoms with Crippen molar-refractivity contribution in [2.45, 2.75) is 24.9 Å². The molecule has 2 fully saturated rings. The zero-order valence-electron chi connectivity index (χ0n) is 11.5. The molecule has 3 rings (SSSR count). The molecule has 1 aromatic rings. The van der Waals surface area contributed by atoms with Crippen LogP contribution in [0, 0.1) is 5.92 Å². The summed E-state index contributed by atoms with van der Waals surface area (Å²) in [5.41, 5.74) is -0.0220. The van der Waals surface area contributed by atoms with Crippen molar-refractivity contribution < 1.29 is 9.47 Å². The molecule has 0 amide bonds. The number of pyridine rings is 1. The van der Waals surface area contributed by atoms with Crippen molar-refractivity contribution in [1.82, 2.24) is 4.98 Å². The molecule has 1 saturated carbocycles. The first kappa shape index (κ1) is 12.9. The summed E-state index contributed by atoms with van der Waals surface area (Å²) in [6.45, 7) is 3.46. The van der Waals surface area contributed by atoms with Crippen LogP contribution in [-0.2, 0) is 9.47 Å². The van der Waals surface area contributed by atoms with E-state index in [1.165, 1.54) is 12.8 Å². The minimum absolute atomic E-state index is 0.0220. The largest absolute Gasteiger partial charge is 0.384 e. The molecule has 1 saturated heterocycles. The van der Waals surface area contributed by atoms with Gasteiger partial charge in [-0.3, -0.25) is 0 Å². The van der Waals surface area contributed by atoms with Gasteiger partial charge in [0.05, 0.1) is 18.8 Å². The van der Waals surface area contributed by atoms with Crippen LogP contribution in [0.25, 0.3) is 0 Å². The summed E-state index contributed by atoms with van der Waals surface area (Å²) in [6.07, 6.45) is 5.46. The van der Waals surface area contributed by atoms with Gasteiger partial charge in [-0.15, -0.1) is 0 Å². The maximum absolute atomic E-state index is 6.19. The van der Waals surface area contributed by atoms with Gasteiger partial charge >= 0.3 is 0 Å². The summed E-state index contributed by atoms with van der Waals surface area (Å²) in [5, 5.41) is 0. The molecule has 1 spiro atoms. The molecule has 0 radical (unpaired) electrons. The van der Waals surface area contributed by atoms with Crippen LogP contribution in [0.4, 0.5) is 5.82 Å². The molecule has 4 heteroatoms. The minimum atomic E-state index is -0.0220. The fourth-order valence-corrected chi connectivity index (χ4v) is 3.49. The molecular weight excluding hydrogens is 240 g/mol. The van der Waals surface area contributed by atoms with Crippen LogP contribution in [0.2, 0.25) is 0 Å². The van der Waals surface area contributed by atoms with E-state index in [9.17, 15) is 0 Å². The minimum Gasteiger partial charge on any atom is -0.384 e. The Bertz CT molecular complexity index is 412. The Hall–Kier alpha value is -1.13. The van der Waals surface area contributed by atoms with Crippen LogP contribution in [0.3, 0.4) is 0 Å². The van der Waals surface area contributed by atoms with Crippen LogP contribution < -0.4 is 4.90 Å². The van der Waals surface area contributed by atoms with E-state index in [0.717, 1.165) is 38.5 Å². The van der Waals surface area contributed by atoms with Crippen molar-refractivity contribution in [2.75, 3.05) is 38.3 Å². The summed E-state index contributed by atoms with van der Waals surface area (Å²) in [5.74, 6) is 1.58. The Kier molecular flexibility index (Phi) is 3.71. The average Bonchev–Trinajstić information content (AvgIpc) is 2.83. The maximum Gasteiger partial charge on any atom is 0.128 e. The van der Waals surface area contributed by atoms with Gasteiger partial charge in [0.25, 0.3) is 0 Å². The van der Waals surface area contributed by atoms with E-state index in [4.69, 9.17) is 9.47 Å². The van der Waals surface area contributed by atoms with Crippen LogP contribution in [0.1, 0.15) is 19.3 Å². The maximum atomic E-state index is 6.19. The Morgan fingerprint density at radius 3 is 3.26 bits per heavy atom. The second-order valence-corrected chi connectivity index (χ2v) is 5.57. The second kappa shape index (κ2) is 5.47. The van der Waals surface area contributed by atoms with Gasteiger partial charge in [-0.05, 0) is 25.0 Å². The summed E-state index contributed by atoms with van der Waals surface area (Å²) >= 11 is 0. The number of hydrogen-bond donors (Lipinski definition) is 0. The first-order chi connectivity index (χ1) is 9.34. The van der Waals surface area contributed by atoms with Crippen LogP contribution >= 0.6 is 0 Å². The predicted octanol–water partition coefficient (Wildman–Crippen LogP) is 2.10. The average molecular weight is 262 g/mol. The van der Waals surface area contributed by atoms with E-state index in [1.54, 1.807) is 7.11 Å². The second-order valence-electron chi connectivity index (χ2n) is 5.57. The number of morpholine rings is 1. The van der Waals surface area contributed by atoms with Crippen LogP contribution in [-0.4, -0.2) is 44.0 Å². The SMILES string of the molecule is COC[C@@H]1CCC[C@@]12CN(c1ccccn1)CCO2. The number of rotatable bonds is 3. The topological polar surface area (TPSA) is 34.6 Å². The Morgan fingerprint density at radius 1 is 1.53 bits per heavy atom. The number of nitrogens with zero attached hydrogens (tertiary/aromatic N) is 2. The van der Waals surface area contributed by atoms with E-state index < -0.39 is 0 Å². The molecule has 2 atom stereocenters. The van der Waals surface area contributed by atoms with Gasteiger partial charge in [0, 0.05) is 32.3 Å². The van der Waals surface area contributed by atoms with Crippen LogP contribution in [0.15, 0.2) is 24.4 Å². The zero-order valence-corrected chi connectivity index (χ0v) is 11.5. The smallest absolute Gasteiger partial charge is 0.128 e. The molecule has 4 nitrogen and oxygen atoms in total. The summed E-state index contributed by atoms with van der Waals surface area (Å²) in [7, 11) is 1.78. The highest BCUT2D eigenvalue weighted by molar-refractivity contribution is 5.39. The number of methoxy groups -OCH3 is 1. The van der Waals surface area contributed by atoms with E-state index in [-0.39, 0.29) is 5.60 Å². The standard InChI is InChI=1S/C15H22N2O2/c1-18-11-13-5-4-7-15(13)12-17(9-10-19-15)14-6-2-3-8-16-14/h2-3,6,8,13H,4-5,7,9-12H2,1H3/t13-,15+/m0/s1. The third-order valence-electron chi connectivity index (χ3n) is 4.45. The van der Waals surface area contributed by atoms with E-state index in [0.29, 0.717) is 5.92 Å². The molecule has 1 aromatic heterocycles. The molecule has 19 heavy (non-hydrogen) atoms. The van der Waals surface area contributed by atoms with E-state index in [2.05, 4.69) is 16.0 Å². The highest BCUT2D eigenvalue weighted by Crippen LogP contribution is 2.41. The lowest BCUT2D eigenvalue weighted by Gasteiger charge is -2.44. The molecule has 2 heterocycles. The lowest BCUT2D eigenvalue weighted by Crippen LogP contribution is -2.55. The number of ether oxygens (including phenoxy) is 2. The molecular formula is C15H22N2O2. The van der Waals surface area contributed by atoms with Crippen molar-refractivity contribution >= 4 is 5.82 Å². The molecule has 2 aliphatic rings. The lowest BCUT2D eigenvalue weighted by atomic mass is 9.89. The highest BCUT2D eigenvalue weighted by atomic mass is 16.5. The third kappa shape index (κ3) is 2.47. The zero-order chi connectivity index (χ0) is 13.1. The van der Waals surface area contributed by atoms with Gasteiger partial charge in [-0.1, -0.05) is 12.5 Å². The molecule has 104 valence electrons. The summed E-state index contributed by atoms with van der Waals surface area (Å²) < 4.78 is 11.6.